The highest BCUT2D eigenvalue weighted by molar-refractivity contribution is 5.94. The standard InChI is InChI=1S/C7H10N4O3/c1-3(5(8)12)9-7(13)6-10-4(2)14-11-6/h3H,1-2H3,(H2,8,12)(H,9,13)/t3-/m1/s1. The molecule has 1 aromatic heterocycles. The Balaban J connectivity index is 2.63. The molecule has 0 unspecified atom stereocenters. The lowest BCUT2D eigenvalue weighted by atomic mass is 10.3. The monoisotopic (exact) mass is 198 g/mol. The molecule has 7 heteroatoms. The number of nitrogens with two attached hydrogens (primary N) is 1. The summed E-state index contributed by atoms with van der Waals surface area (Å²) in [4.78, 5) is 25.6. The van der Waals surface area contributed by atoms with E-state index in [1.165, 1.54) is 6.92 Å². The molecule has 7 nitrogen and oxygen atoms in total. The van der Waals surface area contributed by atoms with Crippen LogP contribution in [0.25, 0.3) is 0 Å². The highest BCUT2D eigenvalue weighted by Crippen LogP contribution is 1.95. The molecule has 1 atom stereocenters. The Bertz CT molecular complexity index is 360. The van der Waals surface area contributed by atoms with Crippen LogP contribution in [0, 0.1) is 6.92 Å². The fourth-order valence-corrected chi connectivity index (χ4v) is 0.724. The molecule has 0 aliphatic rings. The van der Waals surface area contributed by atoms with E-state index in [1.54, 1.807) is 6.92 Å². The summed E-state index contributed by atoms with van der Waals surface area (Å²) in [5.74, 6) is -1.05. The summed E-state index contributed by atoms with van der Waals surface area (Å²) in [7, 11) is 0. The van der Waals surface area contributed by atoms with E-state index in [4.69, 9.17) is 5.73 Å². The topological polar surface area (TPSA) is 111 Å². The molecule has 0 aromatic carbocycles. The van der Waals surface area contributed by atoms with E-state index in [0.29, 0.717) is 0 Å². The lowest BCUT2D eigenvalue weighted by Crippen LogP contribution is -2.42. The van der Waals surface area contributed by atoms with Gasteiger partial charge >= 0.3 is 0 Å². The fourth-order valence-electron chi connectivity index (χ4n) is 0.724. The molecule has 0 aliphatic carbocycles. The highest BCUT2D eigenvalue weighted by Gasteiger charge is 2.17. The summed E-state index contributed by atoms with van der Waals surface area (Å²) in [6.07, 6.45) is 0. The van der Waals surface area contributed by atoms with Gasteiger partial charge in [-0.1, -0.05) is 5.16 Å². The number of hydrogen-bond donors (Lipinski definition) is 2. The van der Waals surface area contributed by atoms with Gasteiger partial charge in [0, 0.05) is 6.92 Å². The van der Waals surface area contributed by atoms with Crippen LogP contribution in [0.4, 0.5) is 0 Å². The summed E-state index contributed by atoms with van der Waals surface area (Å²) in [6.45, 7) is 3.02. The summed E-state index contributed by atoms with van der Waals surface area (Å²) < 4.78 is 4.59. The molecular formula is C7H10N4O3. The van der Waals surface area contributed by atoms with Crippen LogP contribution in [0.1, 0.15) is 23.4 Å². The number of rotatable bonds is 3. The Hall–Kier alpha value is -1.92. The summed E-state index contributed by atoms with van der Waals surface area (Å²) in [6, 6.07) is -0.763. The minimum absolute atomic E-state index is 0.115. The lowest BCUT2D eigenvalue weighted by Gasteiger charge is -2.06. The van der Waals surface area contributed by atoms with Gasteiger partial charge in [-0.05, 0) is 6.92 Å². The number of aromatic nitrogens is 2. The van der Waals surface area contributed by atoms with Crippen LogP contribution in [0.2, 0.25) is 0 Å². The van der Waals surface area contributed by atoms with Crippen LogP contribution >= 0.6 is 0 Å². The fraction of sp³-hybridized carbons (Fsp3) is 0.429. The average Bonchev–Trinajstić information content (AvgIpc) is 2.51. The number of nitrogens with one attached hydrogen (secondary N) is 1. The first-order valence-electron chi connectivity index (χ1n) is 3.91. The second-order valence-electron chi connectivity index (χ2n) is 2.73. The first-order chi connectivity index (χ1) is 6.50. The van der Waals surface area contributed by atoms with Crippen molar-refractivity contribution in [2.24, 2.45) is 5.73 Å². The summed E-state index contributed by atoms with van der Waals surface area (Å²) in [5.41, 5.74) is 4.95. The molecule has 0 bridgehead atoms. The second-order valence-corrected chi connectivity index (χ2v) is 2.73. The lowest BCUT2D eigenvalue weighted by molar-refractivity contribution is -0.119. The van der Waals surface area contributed by atoms with E-state index in [9.17, 15) is 9.59 Å². The summed E-state index contributed by atoms with van der Waals surface area (Å²) in [5, 5.41) is 5.69. The van der Waals surface area contributed by atoms with Gasteiger partial charge in [0.1, 0.15) is 6.04 Å². The highest BCUT2D eigenvalue weighted by atomic mass is 16.5. The molecule has 0 fully saturated rings. The van der Waals surface area contributed by atoms with Crippen molar-refractivity contribution < 1.29 is 14.1 Å². The van der Waals surface area contributed by atoms with Gasteiger partial charge < -0.3 is 15.6 Å². The van der Waals surface area contributed by atoms with Gasteiger partial charge in [-0.25, -0.2) is 0 Å². The zero-order valence-electron chi connectivity index (χ0n) is 7.77. The number of carbonyl (C=O) groups excluding carboxylic acids is 2. The van der Waals surface area contributed by atoms with E-state index < -0.39 is 17.9 Å². The van der Waals surface area contributed by atoms with Gasteiger partial charge in [0.25, 0.3) is 11.7 Å². The number of hydrogen-bond acceptors (Lipinski definition) is 5. The molecule has 2 amide bonds. The Labute approximate surface area is 79.7 Å². The Kier molecular flexibility index (Phi) is 2.80. The first-order valence-corrected chi connectivity index (χ1v) is 3.91. The summed E-state index contributed by atoms with van der Waals surface area (Å²) >= 11 is 0. The number of carbonyl (C=O) groups is 2. The molecule has 0 saturated carbocycles. The molecule has 0 radical (unpaired) electrons. The largest absolute Gasteiger partial charge is 0.368 e. The quantitative estimate of drug-likeness (QED) is 0.645. The van der Waals surface area contributed by atoms with Crippen molar-refractivity contribution in [3.63, 3.8) is 0 Å². The van der Waals surface area contributed by atoms with Gasteiger partial charge in [-0.2, -0.15) is 4.98 Å². The minimum Gasteiger partial charge on any atom is -0.368 e. The van der Waals surface area contributed by atoms with Crippen molar-refractivity contribution in [3.8, 4) is 0 Å². The molecule has 0 aliphatic heterocycles. The van der Waals surface area contributed by atoms with Gasteiger partial charge in [-0.15, -0.1) is 0 Å². The van der Waals surface area contributed by atoms with Crippen LogP contribution < -0.4 is 11.1 Å². The number of primary amides is 1. The Morgan fingerprint density at radius 2 is 2.21 bits per heavy atom. The van der Waals surface area contributed by atoms with E-state index in [1.807, 2.05) is 0 Å². The van der Waals surface area contributed by atoms with Gasteiger partial charge in [0.05, 0.1) is 0 Å². The van der Waals surface area contributed by atoms with Crippen molar-refractivity contribution in [2.45, 2.75) is 19.9 Å². The zero-order chi connectivity index (χ0) is 10.7. The number of aryl methyl sites for hydroxylation is 1. The molecular weight excluding hydrogens is 188 g/mol. The molecule has 1 heterocycles. The normalized spacial score (nSPS) is 12.1. The molecule has 3 N–H and O–H groups in total. The Morgan fingerprint density at radius 1 is 1.57 bits per heavy atom. The second kappa shape index (κ2) is 3.86. The first kappa shape index (κ1) is 10.2. The van der Waals surface area contributed by atoms with E-state index in [0.717, 1.165) is 0 Å². The predicted octanol–water partition coefficient (Wildman–Crippen LogP) is -1.02. The van der Waals surface area contributed by atoms with E-state index >= 15 is 0 Å². The molecule has 14 heavy (non-hydrogen) atoms. The maximum atomic E-state index is 11.3. The average molecular weight is 198 g/mol. The third-order valence-electron chi connectivity index (χ3n) is 1.51. The van der Waals surface area contributed by atoms with Crippen molar-refractivity contribution in [2.75, 3.05) is 0 Å². The van der Waals surface area contributed by atoms with Crippen LogP contribution in [-0.2, 0) is 4.79 Å². The van der Waals surface area contributed by atoms with Crippen LogP contribution in [0.15, 0.2) is 4.52 Å². The van der Waals surface area contributed by atoms with Crippen molar-refractivity contribution >= 4 is 11.8 Å². The molecule has 1 aromatic rings. The predicted molar refractivity (Wildman–Crippen MR) is 45.2 cm³/mol. The number of amides is 2. The molecule has 1 rings (SSSR count). The zero-order valence-corrected chi connectivity index (χ0v) is 7.77. The third kappa shape index (κ3) is 2.28. The third-order valence-corrected chi connectivity index (χ3v) is 1.51. The van der Waals surface area contributed by atoms with Crippen LogP contribution in [0.3, 0.4) is 0 Å². The molecule has 76 valence electrons. The van der Waals surface area contributed by atoms with Gasteiger partial charge in [0.15, 0.2) is 0 Å². The Morgan fingerprint density at radius 3 is 2.64 bits per heavy atom. The maximum absolute atomic E-state index is 11.3. The minimum atomic E-state index is -0.763. The SMILES string of the molecule is Cc1nc(C(=O)N[C@H](C)C(N)=O)no1. The molecule has 0 spiro atoms. The van der Waals surface area contributed by atoms with Crippen molar-refractivity contribution in [1.29, 1.82) is 0 Å². The smallest absolute Gasteiger partial charge is 0.293 e. The van der Waals surface area contributed by atoms with Crippen LogP contribution in [0.5, 0.6) is 0 Å². The van der Waals surface area contributed by atoms with Crippen LogP contribution in [-0.4, -0.2) is 28.0 Å². The maximum Gasteiger partial charge on any atom is 0.293 e. The molecule has 0 saturated heterocycles. The van der Waals surface area contributed by atoms with Crippen molar-refractivity contribution in [1.82, 2.24) is 15.5 Å². The van der Waals surface area contributed by atoms with Crippen molar-refractivity contribution in [3.05, 3.63) is 11.7 Å². The van der Waals surface area contributed by atoms with E-state index in [-0.39, 0.29) is 11.7 Å². The van der Waals surface area contributed by atoms with E-state index in [2.05, 4.69) is 20.0 Å². The van der Waals surface area contributed by atoms with Gasteiger partial charge in [-0.3, -0.25) is 9.59 Å². The van der Waals surface area contributed by atoms with Gasteiger partial charge in [0.2, 0.25) is 11.8 Å². The number of nitrogens with zero attached hydrogens (tertiary/aromatic N) is 2.